The van der Waals surface area contributed by atoms with Gasteiger partial charge < -0.3 is 5.32 Å². The average Bonchev–Trinajstić information content (AvgIpc) is 2.05. The maximum atomic E-state index is 10.5. The topological polar surface area (TPSA) is 67.5 Å². The van der Waals surface area contributed by atoms with Gasteiger partial charge in [0.15, 0.2) is 0 Å². The highest BCUT2D eigenvalue weighted by Crippen LogP contribution is 2.05. The minimum Gasteiger partial charge on any atom is -0.365 e. The Kier molecular flexibility index (Phi) is 2.79. The van der Waals surface area contributed by atoms with E-state index in [1.807, 2.05) is 6.92 Å². The number of nitrogens with one attached hydrogen (secondary N) is 1. The summed E-state index contributed by atoms with van der Waals surface area (Å²) in [6, 6.07) is 0. The van der Waals surface area contributed by atoms with Crippen LogP contribution in [0.25, 0.3) is 0 Å². The lowest BCUT2D eigenvalue weighted by Gasteiger charge is -2.08. The van der Waals surface area contributed by atoms with Crippen molar-refractivity contribution >= 4 is 5.84 Å². The van der Waals surface area contributed by atoms with Crippen molar-refractivity contribution in [2.75, 3.05) is 13.1 Å². The van der Waals surface area contributed by atoms with E-state index in [0.29, 0.717) is 25.3 Å². The number of nitrogens with zero attached hydrogens (tertiary/aromatic N) is 2. The van der Waals surface area contributed by atoms with E-state index < -0.39 is 4.92 Å². The van der Waals surface area contributed by atoms with E-state index in [1.165, 1.54) is 0 Å². The van der Waals surface area contributed by atoms with Crippen LogP contribution in [0.2, 0.25) is 0 Å². The lowest BCUT2D eigenvalue weighted by molar-refractivity contribution is -0.415. The Balaban J connectivity index is 2.75. The number of nitro groups is 1. The number of dihydropyridines is 1. The van der Waals surface area contributed by atoms with Gasteiger partial charge in [-0.3, -0.25) is 15.1 Å². The molecule has 0 amide bonds. The molecular weight excluding hydrogens is 158 g/mol. The summed E-state index contributed by atoms with van der Waals surface area (Å²) in [6.07, 6.45) is 2.26. The SMILES string of the molecule is CCNC1=NCCC=C1[N+](=O)[O-]. The molecule has 12 heavy (non-hydrogen) atoms. The predicted octanol–water partition coefficient (Wildman–Crippen LogP) is 0.559. The Morgan fingerprint density at radius 3 is 3.17 bits per heavy atom. The lowest BCUT2D eigenvalue weighted by atomic mass is 10.2. The third-order valence-electron chi connectivity index (χ3n) is 1.52. The third-order valence-corrected chi connectivity index (χ3v) is 1.52. The van der Waals surface area contributed by atoms with Crippen LogP contribution in [-0.4, -0.2) is 23.8 Å². The maximum absolute atomic E-state index is 10.5. The van der Waals surface area contributed by atoms with Crippen LogP contribution in [0.3, 0.4) is 0 Å². The average molecular weight is 169 g/mol. The van der Waals surface area contributed by atoms with E-state index in [0.717, 1.165) is 0 Å². The van der Waals surface area contributed by atoms with Gasteiger partial charge in [-0.15, -0.1) is 0 Å². The van der Waals surface area contributed by atoms with Crippen molar-refractivity contribution in [2.24, 2.45) is 4.99 Å². The smallest absolute Gasteiger partial charge is 0.307 e. The third kappa shape index (κ3) is 1.81. The molecule has 0 spiro atoms. The molecule has 0 atom stereocenters. The normalized spacial score (nSPS) is 16.4. The van der Waals surface area contributed by atoms with Gasteiger partial charge in [-0.25, -0.2) is 0 Å². The summed E-state index contributed by atoms with van der Waals surface area (Å²) in [5.41, 5.74) is 0.100. The predicted molar refractivity (Wildman–Crippen MR) is 45.7 cm³/mol. The summed E-state index contributed by atoms with van der Waals surface area (Å²) >= 11 is 0. The number of hydrogen-bond donors (Lipinski definition) is 1. The van der Waals surface area contributed by atoms with Crippen molar-refractivity contribution < 1.29 is 4.92 Å². The molecule has 0 unspecified atom stereocenters. The second-order valence-electron chi connectivity index (χ2n) is 2.40. The molecule has 1 aliphatic heterocycles. The molecule has 0 aliphatic carbocycles. The van der Waals surface area contributed by atoms with E-state index in [2.05, 4.69) is 10.3 Å². The summed E-state index contributed by atoms with van der Waals surface area (Å²) in [7, 11) is 0. The molecular formula is C7H11N3O2. The quantitative estimate of drug-likeness (QED) is 0.485. The van der Waals surface area contributed by atoms with Crippen LogP contribution >= 0.6 is 0 Å². The number of rotatable bonds is 2. The summed E-state index contributed by atoms with van der Waals surface area (Å²) in [5, 5.41) is 13.3. The van der Waals surface area contributed by atoms with E-state index in [9.17, 15) is 10.1 Å². The Morgan fingerprint density at radius 1 is 1.83 bits per heavy atom. The molecule has 0 radical (unpaired) electrons. The molecule has 0 aromatic carbocycles. The number of likely N-dealkylation sites (N-methyl/N-ethyl adjacent to an activating group) is 1. The fourth-order valence-corrected chi connectivity index (χ4v) is 1.03. The number of aliphatic imine (C=N–C) groups is 1. The van der Waals surface area contributed by atoms with E-state index in [-0.39, 0.29) is 5.70 Å². The van der Waals surface area contributed by atoms with Gasteiger partial charge in [0.1, 0.15) is 0 Å². The second-order valence-corrected chi connectivity index (χ2v) is 2.40. The van der Waals surface area contributed by atoms with E-state index in [1.54, 1.807) is 6.08 Å². The van der Waals surface area contributed by atoms with E-state index in [4.69, 9.17) is 0 Å². The van der Waals surface area contributed by atoms with Gasteiger partial charge in [0.2, 0.25) is 5.84 Å². The van der Waals surface area contributed by atoms with Crippen LogP contribution in [0.1, 0.15) is 13.3 Å². The lowest BCUT2D eigenvalue weighted by Crippen LogP contribution is -2.30. The van der Waals surface area contributed by atoms with Crippen LogP contribution in [-0.2, 0) is 0 Å². The molecule has 1 aliphatic rings. The summed E-state index contributed by atoms with van der Waals surface area (Å²) in [6.45, 7) is 3.18. The van der Waals surface area contributed by atoms with Gasteiger partial charge in [-0.1, -0.05) is 0 Å². The molecule has 0 bridgehead atoms. The first-order valence-corrected chi connectivity index (χ1v) is 3.89. The first kappa shape index (κ1) is 8.70. The van der Waals surface area contributed by atoms with Crippen LogP contribution in [0, 0.1) is 10.1 Å². The monoisotopic (exact) mass is 169 g/mol. The molecule has 5 nitrogen and oxygen atoms in total. The molecule has 0 aromatic rings. The molecule has 0 fully saturated rings. The Bertz CT molecular complexity index is 245. The van der Waals surface area contributed by atoms with Crippen LogP contribution in [0.5, 0.6) is 0 Å². The van der Waals surface area contributed by atoms with Gasteiger partial charge in [0, 0.05) is 13.1 Å². The van der Waals surface area contributed by atoms with Crippen LogP contribution in [0.15, 0.2) is 16.8 Å². The largest absolute Gasteiger partial charge is 0.365 e. The minimum atomic E-state index is -0.402. The summed E-state index contributed by atoms with van der Waals surface area (Å²) in [5.74, 6) is 0.411. The van der Waals surface area contributed by atoms with Gasteiger partial charge in [-0.05, 0) is 19.4 Å². The highest BCUT2D eigenvalue weighted by molar-refractivity contribution is 5.96. The summed E-state index contributed by atoms with van der Waals surface area (Å²) in [4.78, 5) is 14.1. The van der Waals surface area contributed by atoms with Gasteiger partial charge in [0.25, 0.3) is 0 Å². The molecule has 0 aromatic heterocycles. The Morgan fingerprint density at radius 2 is 2.58 bits per heavy atom. The second kappa shape index (κ2) is 3.85. The molecule has 66 valence electrons. The van der Waals surface area contributed by atoms with Gasteiger partial charge in [0.05, 0.1) is 4.92 Å². The van der Waals surface area contributed by atoms with Crippen molar-refractivity contribution in [1.29, 1.82) is 0 Å². The molecule has 5 heteroatoms. The zero-order valence-electron chi connectivity index (χ0n) is 6.91. The highest BCUT2D eigenvalue weighted by atomic mass is 16.6. The standard InChI is InChI=1S/C7H11N3O2/c1-2-8-7-6(10(11)12)4-3-5-9-7/h4H,2-3,5H2,1H3,(H,8,9). The molecule has 1 N–H and O–H groups in total. The van der Waals surface area contributed by atoms with Crippen molar-refractivity contribution in [3.8, 4) is 0 Å². The zero-order chi connectivity index (χ0) is 8.97. The highest BCUT2D eigenvalue weighted by Gasteiger charge is 2.20. The van der Waals surface area contributed by atoms with Crippen molar-refractivity contribution in [3.63, 3.8) is 0 Å². The summed E-state index contributed by atoms with van der Waals surface area (Å²) < 4.78 is 0. The molecule has 0 saturated heterocycles. The van der Waals surface area contributed by atoms with Crippen LogP contribution in [0.4, 0.5) is 0 Å². The Labute approximate surface area is 70.3 Å². The van der Waals surface area contributed by atoms with Gasteiger partial charge >= 0.3 is 5.70 Å². The maximum Gasteiger partial charge on any atom is 0.307 e. The molecule has 1 rings (SSSR count). The number of hydrogen-bond acceptors (Lipinski definition) is 4. The van der Waals surface area contributed by atoms with E-state index >= 15 is 0 Å². The van der Waals surface area contributed by atoms with Crippen molar-refractivity contribution in [3.05, 3.63) is 21.9 Å². The first-order chi connectivity index (χ1) is 5.75. The fourth-order valence-electron chi connectivity index (χ4n) is 1.03. The molecule has 1 heterocycles. The molecule has 0 saturated carbocycles. The van der Waals surface area contributed by atoms with Gasteiger partial charge in [-0.2, -0.15) is 0 Å². The first-order valence-electron chi connectivity index (χ1n) is 3.89. The van der Waals surface area contributed by atoms with Crippen molar-refractivity contribution in [2.45, 2.75) is 13.3 Å². The zero-order valence-corrected chi connectivity index (χ0v) is 6.91. The fraction of sp³-hybridized carbons (Fsp3) is 0.571. The number of amidine groups is 1. The van der Waals surface area contributed by atoms with Crippen molar-refractivity contribution in [1.82, 2.24) is 5.32 Å². The van der Waals surface area contributed by atoms with Crippen LogP contribution < -0.4 is 5.32 Å². The minimum absolute atomic E-state index is 0.100. The Hall–Kier alpha value is -1.39.